The Kier molecular flexibility index (Phi) is 5.16. The fraction of sp³-hybridized carbons (Fsp3) is 0.667. The third kappa shape index (κ3) is 4.22. The summed E-state index contributed by atoms with van der Waals surface area (Å²) in [6, 6.07) is 3.89. The molecule has 5 nitrogen and oxygen atoms in total. The van der Waals surface area contributed by atoms with Gasteiger partial charge in [0.25, 0.3) is 0 Å². The molecule has 1 aromatic rings. The third-order valence-electron chi connectivity index (χ3n) is 5.00. The second-order valence-electron chi connectivity index (χ2n) is 6.98. The lowest BCUT2D eigenvalue weighted by molar-refractivity contribution is 0.192. The van der Waals surface area contributed by atoms with Gasteiger partial charge in [0.1, 0.15) is 0 Å². The van der Waals surface area contributed by atoms with Gasteiger partial charge < -0.3 is 15.1 Å². The van der Waals surface area contributed by atoms with E-state index in [1.165, 1.54) is 32.4 Å². The minimum atomic E-state index is 0.0138. The van der Waals surface area contributed by atoms with Gasteiger partial charge in [0.2, 0.25) is 0 Å². The number of nitrogens with one attached hydrogen (secondary N) is 1. The summed E-state index contributed by atoms with van der Waals surface area (Å²) in [5.74, 6) is 0.621. The summed E-state index contributed by atoms with van der Waals surface area (Å²) in [5, 5.41) is 3.01. The number of amides is 2. The molecule has 3 rings (SSSR count). The molecule has 2 amide bonds. The first kappa shape index (κ1) is 16.2. The lowest BCUT2D eigenvalue weighted by Gasteiger charge is -2.29. The Balaban J connectivity index is 1.50. The van der Waals surface area contributed by atoms with E-state index in [4.69, 9.17) is 0 Å². The molecule has 0 bridgehead atoms. The van der Waals surface area contributed by atoms with Crippen molar-refractivity contribution in [3.63, 3.8) is 0 Å². The van der Waals surface area contributed by atoms with Crippen LogP contribution >= 0.6 is 0 Å². The van der Waals surface area contributed by atoms with Crippen LogP contribution in [0, 0.1) is 19.8 Å². The molecule has 2 aliphatic heterocycles. The number of aromatic nitrogens is 1. The highest BCUT2D eigenvalue weighted by molar-refractivity contribution is 5.90. The minimum Gasteiger partial charge on any atom is -0.324 e. The first-order valence-electron chi connectivity index (χ1n) is 8.84. The number of pyridine rings is 1. The number of likely N-dealkylation sites (tertiary alicyclic amines) is 2. The smallest absolute Gasteiger partial charge is 0.321 e. The van der Waals surface area contributed by atoms with Gasteiger partial charge >= 0.3 is 6.03 Å². The van der Waals surface area contributed by atoms with Crippen molar-refractivity contribution in [3.8, 4) is 0 Å². The van der Waals surface area contributed by atoms with Crippen molar-refractivity contribution in [1.82, 2.24) is 14.8 Å². The second kappa shape index (κ2) is 7.30. The van der Waals surface area contributed by atoms with Gasteiger partial charge in [-0.1, -0.05) is 6.42 Å². The quantitative estimate of drug-likeness (QED) is 0.932. The van der Waals surface area contributed by atoms with Gasteiger partial charge in [0, 0.05) is 25.3 Å². The molecule has 0 saturated carbocycles. The van der Waals surface area contributed by atoms with Gasteiger partial charge in [-0.15, -0.1) is 0 Å². The van der Waals surface area contributed by atoms with E-state index in [0.29, 0.717) is 5.92 Å². The monoisotopic (exact) mass is 316 g/mol. The molecular formula is C18H28N4O. The predicted octanol–water partition coefficient (Wildman–Crippen LogP) is 3.04. The molecular weight excluding hydrogens is 288 g/mol. The van der Waals surface area contributed by atoms with Crippen molar-refractivity contribution < 1.29 is 4.79 Å². The van der Waals surface area contributed by atoms with Crippen LogP contribution in [-0.2, 0) is 0 Å². The van der Waals surface area contributed by atoms with Crippen molar-refractivity contribution in [2.45, 2.75) is 39.5 Å². The molecule has 0 spiro atoms. The Morgan fingerprint density at radius 2 is 2.00 bits per heavy atom. The highest BCUT2D eigenvalue weighted by Crippen LogP contribution is 2.21. The summed E-state index contributed by atoms with van der Waals surface area (Å²) in [4.78, 5) is 21.4. The topological polar surface area (TPSA) is 48.5 Å². The zero-order valence-electron chi connectivity index (χ0n) is 14.3. The molecule has 0 aromatic carbocycles. The van der Waals surface area contributed by atoms with Crippen LogP contribution in [0.3, 0.4) is 0 Å². The van der Waals surface area contributed by atoms with Gasteiger partial charge in [0.05, 0.1) is 11.4 Å². The number of aryl methyl sites for hydroxylation is 2. The molecule has 5 heteroatoms. The zero-order valence-corrected chi connectivity index (χ0v) is 14.3. The van der Waals surface area contributed by atoms with Gasteiger partial charge in [-0.2, -0.15) is 0 Å². The Labute approximate surface area is 139 Å². The number of urea groups is 1. The van der Waals surface area contributed by atoms with E-state index >= 15 is 0 Å². The largest absolute Gasteiger partial charge is 0.324 e. The van der Waals surface area contributed by atoms with Crippen LogP contribution in [0.5, 0.6) is 0 Å². The van der Waals surface area contributed by atoms with E-state index < -0.39 is 0 Å². The molecule has 2 saturated heterocycles. The fourth-order valence-electron chi connectivity index (χ4n) is 3.69. The van der Waals surface area contributed by atoms with Crippen LogP contribution in [0.25, 0.3) is 0 Å². The lowest BCUT2D eigenvalue weighted by Crippen LogP contribution is -2.37. The van der Waals surface area contributed by atoms with Crippen molar-refractivity contribution in [2.24, 2.45) is 5.92 Å². The van der Waals surface area contributed by atoms with Gasteiger partial charge in [-0.25, -0.2) is 4.79 Å². The first-order valence-corrected chi connectivity index (χ1v) is 8.84. The Morgan fingerprint density at radius 1 is 1.22 bits per heavy atom. The predicted molar refractivity (Wildman–Crippen MR) is 92.7 cm³/mol. The van der Waals surface area contributed by atoms with Crippen LogP contribution < -0.4 is 5.32 Å². The molecule has 0 radical (unpaired) electrons. The van der Waals surface area contributed by atoms with Crippen molar-refractivity contribution in [2.75, 3.05) is 38.0 Å². The Morgan fingerprint density at radius 3 is 2.74 bits per heavy atom. The van der Waals surface area contributed by atoms with E-state index in [2.05, 4.69) is 15.2 Å². The van der Waals surface area contributed by atoms with E-state index in [1.807, 2.05) is 30.9 Å². The molecule has 23 heavy (non-hydrogen) atoms. The number of hydrogen-bond donors (Lipinski definition) is 1. The van der Waals surface area contributed by atoms with E-state index in [1.54, 1.807) is 0 Å². The summed E-state index contributed by atoms with van der Waals surface area (Å²) < 4.78 is 0. The van der Waals surface area contributed by atoms with Crippen LogP contribution in [0.15, 0.2) is 12.1 Å². The zero-order chi connectivity index (χ0) is 16.2. The maximum atomic E-state index is 12.5. The molecule has 1 N–H and O–H groups in total. The average Bonchev–Trinajstić information content (AvgIpc) is 3.00. The Bertz CT molecular complexity index is 554. The highest BCUT2D eigenvalue weighted by Gasteiger charge is 2.28. The van der Waals surface area contributed by atoms with Crippen molar-refractivity contribution in [1.29, 1.82) is 0 Å². The van der Waals surface area contributed by atoms with Gasteiger partial charge in [0.15, 0.2) is 0 Å². The number of nitrogens with zero attached hydrogens (tertiary/aromatic N) is 3. The van der Waals surface area contributed by atoms with Crippen molar-refractivity contribution >= 4 is 11.7 Å². The standard InChI is InChI=1S/C18H28N4O/c1-14-6-7-17(15(2)19-14)20-18(23)22-11-8-16(13-22)12-21-9-4-3-5-10-21/h6-7,16H,3-5,8-13H2,1-2H3,(H,20,23)/t16-/m1/s1. The van der Waals surface area contributed by atoms with Crippen molar-refractivity contribution in [3.05, 3.63) is 23.5 Å². The normalized spacial score (nSPS) is 22.3. The second-order valence-corrected chi connectivity index (χ2v) is 6.98. The van der Waals surface area contributed by atoms with Crippen LogP contribution in [0.1, 0.15) is 37.1 Å². The summed E-state index contributed by atoms with van der Waals surface area (Å²) >= 11 is 0. The number of piperidine rings is 1. The highest BCUT2D eigenvalue weighted by atomic mass is 16.2. The first-order chi connectivity index (χ1) is 11.1. The molecule has 1 atom stereocenters. The summed E-state index contributed by atoms with van der Waals surface area (Å²) in [6.45, 7) is 9.25. The van der Waals surface area contributed by atoms with E-state index in [-0.39, 0.29) is 6.03 Å². The van der Waals surface area contributed by atoms with Gasteiger partial charge in [-0.3, -0.25) is 4.98 Å². The van der Waals surface area contributed by atoms with Gasteiger partial charge in [-0.05, 0) is 64.3 Å². The third-order valence-corrected chi connectivity index (χ3v) is 5.00. The van der Waals surface area contributed by atoms with Crippen LogP contribution in [0.4, 0.5) is 10.5 Å². The summed E-state index contributed by atoms with van der Waals surface area (Å²) in [7, 11) is 0. The fourth-order valence-corrected chi connectivity index (χ4v) is 3.69. The number of hydrogen-bond acceptors (Lipinski definition) is 3. The molecule has 0 unspecified atom stereocenters. The van der Waals surface area contributed by atoms with Crippen LogP contribution in [0.2, 0.25) is 0 Å². The molecule has 0 aliphatic carbocycles. The lowest BCUT2D eigenvalue weighted by atomic mass is 10.1. The summed E-state index contributed by atoms with van der Waals surface area (Å²) in [6.07, 6.45) is 5.15. The number of anilines is 1. The summed E-state index contributed by atoms with van der Waals surface area (Å²) in [5.41, 5.74) is 2.67. The molecule has 1 aromatic heterocycles. The average molecular weight is 316 g/mol. The SMILES string of the molecule is Cc1ccc(NC(=O)N2CC[C@H](CN3CCCCC3)C2)c(C)n1. The number of carbonyl (C=O) groups is 1. The maximum Gasteiger partial charge on any atom is 0.321 e. The maximum absolute atomic E-state index is 12.5. The van der Waals surface area contributed by atoms with Crippen LogP contribution in [-0.4, -0.2) is 53.5 Å². The molecule has 2 fully saturated rings. The van der Waals surface area contributed by atoms with E-state index in [0.717, 1.165) is 43.1 Å². The van der Waals surface area contributed by atoms with E-state index in [9.17, 15) is 4.79 Å². The molecule has 126 valence electrons. The molecule has 3 heterocycles. The number of carbonyl (C=O) groups excluding carboxylic acids is 1. The minimum absolute atomic E-state index is 0.0138. The Hall–Kier alpha value is -1.62. The molecule has 2 aliphatic rings. The number of rotatable bonds is 3.